The summed E-state index contributed by atoms with van der Waals surface area (Å²) in [7, 11) is 3.09. The van der Waals surface area contributed by atoms with Gasteiger partial charge < -0.3 is 20.1 Å². The third-order valence-corrected chi connectivity index (χ3v) is 3.83. The molecule has 0 amide bonds. The molecule has 7 heteroatoms. The molecule has 0 aliphatic heterocycles. The predicted octanol–water partition coefficient (Wildman–Crippen LogP) is 3.52. The second kappa shape index (κ2) is 12.8. The van der Waals surface area contributed by atoms with Crippen molar-refractivity contribution < 1.29 is 14.3 Å². The molecule has 0 aliphatic rings. The standard InChI is InChI=1S/C21H25N3O3.HI/c1-4-13-27-19-8-6-5-7-18(19)15-24-21(22-2)23-14-16-9-11-17(12-10-16)20(25)26-3;/h4-12H,1,13-15H2,2-3H3,(H2,22,23,24);1H. The van der Waals surface area contributed by atoms with Gasteiger partial charge in [0, 0.05) is 25.7 Å². The van der Waals surface area contributed by atoms with Crippen molar-refractivity contribution in [1.29, 1.82) is 0 Å². The molecule has 28 heavy (non-hydrogen) atoms. The highest BCUT2D eigenvalue weighted by Gasteiger charge is 2.06. The first-order valence-corrected chi connectivity index (χ1v) is 8.61. The zero-order chi connectivity index (χ0) is 19.5. The number of carbonyl (C=O) groups excluding carboxylic acids is 1. The molecule has 0 aromatic heterocycles. The van der Waals surface area contributed by atoms with Crippen molar-refractivity contribution in [1.82, 2.24) is 10.6 Å². The third kappa shape index (κ3) is 7.22. The van der Waals surface area contributed by atoms with Gasteiger partial charge in [0.1, 0.15) is 12.4 Å². The van der Waals surface area contributed by atoms with E-state index in [2.05, 4.69) is 22.2 Å². The number of halogens is 1. The monoisotopic (exact) mass is 495 g/mol. The molecular formula is C21H26IN3O3. The van der Waals surface area contributed by atoms with Crippen LogP contribution in [0.1, 0.15) is 21.5 Å². The number of guanidine groups is 1. The van der Waals surface area contributed by atoms with E-state index in [1.807, 2.05) is 36.4 Å². The van der Waals surface area contributed by atoms with Gasteiger partial charge in [0.15, 0.2) is 5.96 Å². The van der Waals surface area contributed by atoms with E-state index in [4.69, 9.17) is 9.47 Å². The first-order valence-electron chi connectivity index (χ1n) is 8.61. The Hall–Kier alpha value is -2.55. The molecule has 0 bridgehead atoms. The average molecular weight is 495 g/mol. The number of hydrogen-bond acceptors (Lipinski definition) is 4. The summed E-state index contributed by atoms with van der Waals surface area (Å²) >= 11 is 0. The fourth-order valence-corrected chi connectivity index (χ4v) is 2.40. The molecule has 6 nitrogen and oxygen atoms in total. The smallest absolute Gasteiger partial charge is 0.337 e. The van der Waals surface area contributed by atoms with Crippen LogP contribution < -0.4 is 15.4 Å². The minimum Gasteiger partial charge on any atom is -0.489 e. The second-order valence-corrected chi connectivity index (χ2v) is 5.68. The Bertz CT molecular complexity index is 792. The quantitative estimate of drug-likeness (QED) is 0.193. The number of carbonyl (C=O) groups is 1. The number of hydrogen-bond donors (Lipinski definition) is 2. The number of aliphatic imine (C=N–C) groups is 1. The van der Waals surface area contributed by atoms with Crippen LogP contribution in [0.5, 0.6) is 5.75 Å². The van der Waals surface area contributed by atoms with Crippen LogP contribution in [0.15, 0.2) is 66.2 Å². The van der Waals surface area contributed by atoms with Gasteiger partial charge in [-0.2, -0.15) is 0 Å². The topological polar surface area (TPSA) is 72.0 Å². The molecule has 0 heterocycles. The number of nitrogens with zero attached hydrogens (tertiary/aromatic N) is 1. The Morgan fingerprint density at radius 2 is 1.79 bits per heavy atom. The summed E-state index contributed by atoms with van der Waals surface area (Å²) in [5.41, 5.74) is 2.59. The number of methoxy groups -OCH3 is 1. The molecule has 0 fully saturated rings. The normalized spacial score (nSPS) is 10.4. The lowest BCUT2D eigenvalue weighted by Crippen LogP contribution is -2.36. The first kappa shape index (κ1) is 23.5. The summed E-state index contributed by atoms with van der Waals surface area (Å²) in [5.74, 6) is 1.15. The van der Waals surface area contributed by atoms with E-state index >= 15 is 0 Å². The maximum Gasteiger partial charge on any atom is 0.337 e. The summed E-state index contributed by atoms with van der Waals surface area (Å²) in [5, 5.41) is 6.52. The molecule has 0 aliphatic carbocycles. The summed E-state index contributed by atoms with van der Waals surface area (Å²) in [6, 6.07) is 15.1. The van der Waals surface area contributed by atoms with Crippen LogP contribution in [-0.2, 0) is 17.8 Å². The largest absolute Gasteiger partial charge is 0.489 e. The van der Waals surface area contributed by atoms with E-state index in [9.17, 15) is 4.79 Å². The van der Waals surface area contributed by atoms with Gasteiger partial charge in [0.25, 0.3) is 0 Å². The lowest BCUT2D eigenvalue weighted by Gasteiger charge is -2.14. The number of ether oxygens (including phenoxy) is 2. The molecule has 150 valence electrons. The Morgan fingerprint density at radius 1 is 1.11 bits per heavy atom. The molecule has 2 N–H and O–H groups in total. The van der Waals surface area contributed by atoms with Gasteiger partial charge in [0.2, 0.25) is 0 Å². The predicted molar refractivity (Wildman–Crippen MR) is 122 cm³/mol. The second-order valence-electron chi connectivity index (χ2n) is 5.68. The van der Waals surface area contributed by atoms with Crippen LogP contribution in [-0.4, -0.2) is 32.7 Å². The molecule has 0 atom stereocenters. The van der Waals surface area contributed by atoms with E-state index in [0.29, 0.717) is 31.2 Å². The fourth-order valence-electron chi connectivity index (χ4n) is 2.40. The zero-order valence-electron chi connectivity index (χ0n) is 16.1. The van der Waals surface area contributed by atoms with Crippen molar-refractivity contribution in [3.63, 3.8) is 0 Å². The lowest BCUT2D eigenvalue weighted by molar-refractivity contribution is 0.0600. The van der Waals surface area contributed by atoms with Crippen molar-refractivity contribution in [2.75, 3.05) is 20.8 Å². The molecule has 2 rings (SSSR count). The zero-order valence-corrected chi connectivity index (χ0v) is 18.4. The highest BCUT2D eigenvalue weighted by atomic mass is 127. The van der Waals surface area contributed by atoms with Crippen LogP contribution in [0.4, 0.5) is 0 Å². The Labute approximate surface area is 183 Å². The SMILES string of the molecule is C=CCOc1ccccc1CNC(=NC)NCc1ccc(C(=O)OC)cc1.I. The highest BCUT2D eigenvalue weighted by molar-refractivity contribution is 14.0. The Balaban J connectivity index is 0.00000392. The molecule has 2 aromatic rings. The number of esters is 1. The molecule has 2 aromatic carbocycles. The van der Waals surface area contributed by atoms with E-state index in [-0.39, 0.29) is 29.9 Å². The average Bonchev–Trinajstić information content (AvgIpc) is 2.72. The molecule has 0 saturated carbocycles. The molecule has 0 spiro atoms. The van der Waals surface area contributed by atoms with Crippen molar-refractivity contribution in [3.05, 3.63) is 77.9 Å². The maximum absolute atomic E-state index is 11.5. The van der Waals surface area contributed by atoms with Crippen LogP contribution in [0.3, 0.4) is 0 Å². The van der Waals surface area contributed by atoms with Crippen LogP contribution in [0, 0.1) is 0 Å². The van der Waals surface area contributed by atoms with Gasteiger partial charge in [-0.15, -0.1) is 24.0 Å². The highest BCUT2D eigenvalue weighted by Crippen LogP contribution is 2.17. The van der Waals surface area contributed by atoms with Crippen LogP contribution in [0.2, 0.25) is 0 Å². The number of benzene rings is 2. The van der Waals surface area contributed by atoms with Gasteiger partial charge in [-0.1, -0.05) is 43.0 Å². The minimum atomic E-state index is -0.343. The summed E-state index contributed by atoms with van der Waals surface area (Å²) in [4.78, 5) is 15.7. The Kier molecular flexibility index (Phi) is 10.7. The van der Waals surface area contributed by atoms with Crippen LogP contribution in [0.25, 0.3) is 0 Å². The molecule has 0 radical (unpaired) electrons. The molecule has 0 saturated heterocycles. The van der Waals surface area contributed by atoms with Crippen molar-refractivity contribution in [3.8, 4) is 5.75 Å². The summed E-state index contributed by atoms with van der Waals surface area (Å²) in [6.45, 7) is 5.29. The van der Waals surface area contributed by atoms with Crippen molar-refractivity contribution >= 4 is 35.9 Å². The van der Waals surface area contributed by atoms with Crippen LogP contribution >= 0.6 is 24.0 Å². The van der Waals surface area contributed by atoms with Gasteiger partial charge >= 0.3 is 5.97 Å². The lowest BCUT2D eigenvalue weighted by atomic mass is 10.1. The Morgan fingerprint density at radius 3 is 2.43 bits per heavy atom. The van der Waals surface area contributed by atoms with Gasteiger partial charge in [-0.25, -0.2) is 4.79 Å². The third-order valence-electron chi connectivity index (χ3n) is 3.83. The molecular weight excluding hydrogens is 469 g/mol. The van der Waals surface area contributed by atoms with Crippen molar-refractivity contribution in [2.45, 2.75) is 13.1 Å². The number of rotatable bonds is 8. The van der Waals surface area contributed by atoms with E-state index < -0.39 is 0 Å². The van der Waals surface area contributed by atoms with Crippen molar-refractivity contribution in [2.24, 2.45) is 4.99 Å². The minimum absolute atomic E-state index is 0. The maximum atomic E-state index is 11.5. The van der Waals surface area contributed by atoms with E-state index in [1.54, 1.807) is 25.3 Å². The molecule has 0 unspecified atom stereocenters. The van der Waals surface area contributed by atoms with Gasteiger partial charge in [-0.3, -0.25) is 4.99 Å². The number of para-hydroxylation sites is 1. The van der Waals surface area contributed by atoms with Gasteiger partial charge in [-0.05, 0) is 23.8 Å². The van der Waals surface area contributed by atoms with Gasteiger partial charge in [0.05, 0.1) is 12.7 Å². The fraction of sp³-hybridized carbons (Fsp3) is 0.238. The van der Waals surface area contributed by atoms with E-state index in [1.165, 1.54) is 7.11 Å². The number of nitrogens with one attached hydrogen (secondary N) is 2. The first-order chi connectivity index (χ1) is 13.2. The summed E-state index contributed by atoms with van der Waals surface area (Å²) < 4.78 is 10.4. The van der Waals surface area contributed by atoms with E-state index in [0.717, 1.165) is 16.9 Å². The summed E-state index contributed by atoms with van der Waals surface area (Å²) in [6.07, 6.45) is 1.72.